The highest BCUT2D eigenvalue weighted by atomic mass is 35.5. The van der Waals surface area contributed by atoms with E-state index in [0.29, 0.717) is 28.1 Å². The molecule has 0 saturated carbocycles. The maximum Gasteiger partial charge on any atom is 0.244 e. The molecule has 0 unspecified atom stereocenters. The highest BCUT2D eigenvalue weighted by Gasteiger charge is 2.02. The maximum atomic E-state index is 11.5. The van der Waals surface area contributed by atoms with Crippen molar-refractivity contribution in [1.82, 2.24) is 5.32 Å². The smallest absolute Gasteiger partial charge is 0.244 e. The number of nitrogens with one attached hydrogen (secondary N) is 1. The molecule has 0 aliphatic heterocycles. The largest absolute Gasteiger partial charge is 0.352 e. The standard InChI is InChI=1S/C13H15Cl2NO/c1-9(2)8-16-13(17)7-6-10-11(14)4-3-5-12(10)15/h3-7,9H,8H2,1-2H3,(H,16,17). The lowest BCUT2D eigenvalue weighted by atomic mass is 10.2. The Kier molecular flexibility index (Phi) is 5.52. The van der Waals surface area contributed by atoms with Crippen LogP contribution in [-0.2, 0) is 4.79 Å². The number of hydrogen-bond acceptors (Lipinski definition) is 1. The van der Waals surface area contributed by atoms with E-state index >= 15 is 0 Å². The Morgan fingerprint density at radius 2 is 1.94 bits per heavy atom. The van der Waals surface area contributed by atoms with Gasteiger partial charge in [0.1, 0.15) is 0 Å². The zero-order chi connectivity index (χ0) is 12.8. The average Bonchev–Trinajstić information content (AvgIpc) is 2.25. The van der Waals surface area contributed by atoms with Crippen LogP contribution in [0.5, 0.6) is 0 Å². The molecule has 0 saturated heterocycles. The molecule has 4 heteroatoms. The van der Waals surface area contributed by atoms with Crippen molar-refractivity contribution >= 4 is 35.2 Å². The highest BCUT2D eigenvalue weighted by molar-refractivity contribution is 6.37. The lowest BCUT2D eigenvalue weighted by molar-refractivity contribution is -0.116. The first kappa shape index (κ1) is 14.1. The Hall–Kier alpha value is -0.990. The van der Waals surface area contributed by atoms with Crippen molar-refractivity contribution in [3.8, 4) is 0 Å². The van der Waals surface area contributed by atoms with Crippen LogP contribution in [0.3, 0.4) is 0 Å². The number of hydrogen-bond donors (Lipinski definition) is 1. The molecule has 0 atom stereocenters. The van der Waals surface area contributed by atoms with Gasteiger partial charge in [-0.05, 0) is 24.1 Å². The van der Waals surface area contributed by atoms with Gasteiger partial charge in [-0.1, -0.05) is 43.1 Å². The summed E-state index contributed by atoms with van der Waals surface area (Å²) < 4.78 is 0. The fourth-order valence-electron chi connectivity index (χ4n) is 1.19. The average molecular weight is 272 g/mol. The SMILES string of the molecule is CC(C)CNC(=O)C=Cc1c(Cl)cccc1Cl. The number of carbonyl (C=O) groups excluding carboxylic acids is 1. The van der Waals surface area contributed by atoms with Crippen LogP contribution in [0.4, 0.5) is 0 Å². The fraction of sp³-hybridized carbons (Fsp3) is 0.308. The first-order valence-corrected chi connectivity index (χ1v) is 6.16. The van der Waals surface area contributed by atoms with Crippen molar-refractivity contribution in [2.24, 2.45) is 5.92 Å². The van der Waals surface area contributed by atoms with Crippen LogP contribution in [0.2, 0.25) is 10.0 Å². The van der Waals surface area contributed by atoms with Gasteiger partial charge >= 0.3 is 0 Å². The minimum Gasteiger partial charge on any atom is -0.352 e. The lowest BCUT2D eigenvalue weighted by Gasteiger charge is -2.05. The van der Waals surface area contributed by atoms with Gasteiger partial charge in [0.05, 0.1) is 0 Å². The fourth-order valence-corrected chi connectivity index (χ4v) is 1.72. The molecule has 0 bridgehead atoms. The second-order valence-electron chi connectivity index (χ2n) is 4.11. The summed E-state index contributed by atoms with van der Waals surface area (Å²) in [6.45, 7) is 4.73. The van der Waals surface area contributed by atoms with Gasteiger partial charge in [0.25, 0.3) is 0 Å². The molecule has 2 nitrogen and oxygen atoms in total. The molecule has 1 amide bonds. The van der Waals surface area contributed by atoms with Crippen LogP contribution >= 0.6 is 23.2 Å². The van der Waals surface area contributed by atoms with E-state index in [0.717, 1.165) is 0 Å². The summed E-state index contributed by atoms with van der Waals surface area (Å²) in [4.78, 5) is 11.5. The molecule has 0 spiro atoms. The zero-order valence-electron chi connectivity index (χ0n) is 9.84. The number of benzene rings is 1. The second-order valence-corrected chi connectivity index (χ2v) is 4.92. The van der Waals surface area contributed by atoms with E-state index in [-0.39, 0.29) is 5.91 Å². The normalized spacial score (nSPS) is 11.1. The molecule has 0 radical (unpaired) electrons. The first-order chi connectivity index (χ1) is 8.00. The van der Waals surface area contributed by atoms with Gasteiger partial charge < -0.3 is 5.32 Å². The maximum absolute atomic E-state index is 11.5. The van der Waals surface area contributed by atoms with Crippen molar-refractivity contribution in [3.05, 3.63) is 39.9 Å². The van der Waals surface area contributed by atoms with Gasteiger partial charge in [0.15, 0.2) is 0 Å². The number of amides is 1. The van der Waals surface area contributed by atoms with Gasteiger partial charge in [0, 0.05) is 28.2 Å². The van der Waals surface area contributed by atoms with Crippen LogP contribution < -0.4 is 5.32 Å². The van der Waals surface area contributed by atoms with E-state index < -0.39 is 0 Å². The van der Waals surface area contributed by atoms with Crippen molar-refractivity contribution in [2.45, 2.75) is 13.8 Å². The monoisotopic (exact) mass is 271 g/mol. The molecule has 0 aliphatic carbocycles. The third-order valence-electron chi connectivity index (χ3n) is 2.09. The summed E-state index contributed by atoms with van der Waals surface area (Å²) >= 11 is 11.9. The topological polar surface area (TPSA) is 29.1 Å². The molecule has 0 fully saturated rings. The van der Waals surface area contributed by atoms with Gasteiger partial charge in [-0.3, -0.25) is 4.79 Å². The molecule has 1 rings (SSSR count). The molecule has 0 heterocycles. The first-order valence-electron chi connectivity index (χ1n) is 5.40. The number of halogens is 2. The summed E-state index contributed by atoms with van der Waals surface area (Å²) in [5.74, 6) is 0.283. The highest BCUT2D eigenvalue weighted by Crippen LogP contribution is 2.25. The Morgan fingerprint density at radius 1 is 1.35 bits per heavy atom. The Balaban J connectivity index is 2.67. The van der Waals surface area contributed by atoms with Crippen LogP contribution in [0.25, 0.3) is 6.08 Å². The van der Waals surface area contributed by atoms with Gasteiger partial charge in [-0.25, -0.2) is 0 Å². The third kappa shape index (κ3) is 4.80. The molecule has 1 aromatic rings. The van der Waals surface area contributed by atoms with E-state index in [1.807, 2.05) is 13.8 Å². The van der Waals surface area contributed by atoms with Gasteiger partial charge in [0.2, 0.25) is 5.91 Å². The molecule has 0 aromatic heterocycles. The van der Waals surface area contributed by atoms with E-state index in [4.69, 9.17) is 23.2 Å². The zero-order valence-corrected chi connectivity index (χ0v) is 11.3. The van der Waals surface area contributed by atoms with Crippen LogP contribution in [0.15, 0.2) is 24.3 Å². The van der Waals surface area contributed by atoms with Crippen molar-refractivity contribution in [3.63, 3.8) is 0 Å². The minimum atomic E-state index is -0.144. The predicted octanol–water partition coefficient (Wildman–Crippen LogP) is 3.78. The Bertz CT molecular complexity index is 407. The van der Waals surface area contributed by atoms with E-state index in [9.17, 15) is 4.79 Å². The molecular weight excluding hydrogens is 257 g/mol. The summed E-state index contributed by atoms with van der Waals surface area (Å²) in [6, 6.07) is 5.24. The van der Waals surface area contributed by atoms with E-state index in [1.54, 1.807) is 24.3 Å². The van der Waals surface area contributed by atoms with Crippen molar-refractivity contribution < 1.29 is 4.79 Å². The summed E-state index contributed by atoms with van der Waals surface area (Å²) in [6.07, 6.45) is 3.07. The molecule has 1 aromatic carbocycles. The van der Waals surface area contributed by atoms with Crippen LogP contribution in [-0.4, -0.2) is 12.5 Å². The number of carbonyl (C=O) groups is 1. The lowest BCUT2D eigenvalue weighted by Crippen LogP contribution is -2.25. The van der Waals surface area contributed by atoms with Gasteiger partial charge in [-0.15, -0.1) is 0 Å². The van der Waals surface area contributed by atoms with Crippen LogP contribution in [0.1, 0.15) is 19.4 Å². The predicted molar refractivity (Wildman–Crippen MR) is 73.3 cm³/mol. The molecule has 0 aliphatic rings. The molecule has 92 valence electrons. The second kappa shape index (κ2) is 6.67. The summed E-state index contributed by atoms with van der Waals surface area (Å²) in [5, 5.41) is 3.84. The van der Waals surface area contributed by atoms with Crippen LogP contribution in [0, 0.1) is 5.92 Å². The molecule has 1 N–H and O–H groups in total. The summed E-state index contributed by atoms with van der Waals surface area (Å²) in [5.41, 5.74) is 0.663. The van der Waals surface area contributed by atoms with E-state index in [1.165, 1.54) is 6.08 Å². The Labute approximate surface area is 112 Å². The number of rotatable bonds is 4. The molecular formula is C13H15Cl2NO. The van der Waals surface area contributed by atoms with Crippen molar-refractivity contribution in [2.75, 3.05) is 6.54 Å². The van der Waals surface area contributed by atoms with Gasteiger partial charge in [-0.2, -0.15) is 0 Å². The van der Waals surface area contributed by atoms with Crippen molar-refractivity contribution in [1.29, 1.82) is 0 Å². The minimum absolute atomic E-state index is 0.144. The quantitative estimate of drug-likeness (QED) is 0.830. The van der Waals surface area contributed by atoms with E-state index in [2.05, 4.69) is 5.32 Å². The third-order valence-corrected chi connectivity index (χ3v) is 2.74. The summed E-state index contributed by atoms with van der Waals surface area (Å²) in [7, 11) is 0. The molecule has 17 heavy (non-hydrogen) atoms. The Morgan fingerprint density at radius 3 is 2.47 bits per heavy atom.